The average molecular weight is 417 g/mol. The Morgan fingerprint density at radius 3 is 2.83 bits per heavy atom. The molecule has 0 fully saturated rings. The number of nitrogens with zero attached hydrogens (tertiary/aromatic N) is 3. The van der Waals surface area contributed by atoms with E-state index >= 15 is 0 Å². The Hall–Kier alpha value is -2.64. The number of carbonyl (C=O) groups excluding carboxylic acids is 1. The van der Waals surface area contributed by atoms with Gasteiger partial charge in [-0.1, -0.05) is 35.3 Å². The predicted molar refractivity (Wildman–Crippen MR) is 110 cm³/mol. The summed E-state index contributed by atoms with van der Waals surface area (Å²) in [6.45, 7) is 1.53. The lowest BCUT2D eigenvalue weighted by molar-refractivity contribution is -0.132. The fourth-order valence-corrected chi connectivity index (χ4v) is 3.16. The molecule has 7 nitrogen and oxygen atoms in total. The van der Waals surface area contributed by atoms with Crippen LogP contribution in [-0.2, 0) is 17.8 Å². The first kappa shape index (κ1) is 21.1. The van der Waals surface area contributed by atoms with Crippen LogP contribution >= 0.6 is 11.6 Å². The van der Waals surface area contributed by atoms with Crippen molar-refractivity contribution in [2.75, 3.05) is 13.1 Å². The molecule has 0 bridgehead atoms. The number of benzene rings is 1. The molecule has 1 amide bonds. The van der Waals surface area contributed by atoms with E-state index in [2.05, 4.69) is 10.1 Å². The molecule has 0 spiro atoms. The monoisotopic (exact) mass is 416 g/mol. The molecule has 0 unspecified atom stereocenters. The summed E-state index contributed by atoms with van der Waals surface area (Å²) in [5.74, 6) is 1.77. The van der Waals surface area contributed by atoms with Gasteiger partial charge < -0.3 is 19.6 Å². The van der Waals surface area contributed by atoms with Gasteiger partial charge in [0.2, 0.25) is 17.6 Å². The van der Waals surface area contributed by atoms with E-state index in [9.17, 15) is 4.79 Å². The van der Waals surface area contributed by atoms with Crippen molar-refractivity contribution in [3.63, 3.8) is 0 Å². The van der Waals surface area contributed by atoms with E-state index in [4.69, 9.17) is 26.3 Å². The maximum absolute atomic E-state index is 12.7. The summed E-state index contributed by atoms with van der Waals surface area (Å²) in [6, 6.07) is 11.0. The lowest BCUT2D eigenvalue weighted by Crippen LogP contribution is -2.32. The van der Waals surface area contributed by atoms with E-state index in [0.717, 1.165) is 30.6 Å². The van der Waals surface area contributed by atoms with Crippen LogP contribution in [0, 0.1) is 0 Å². The lowest BCUT2D eigenvalue weighted by Gasteiger charge is -2.21. The minimum absolute atomic E-state index is 0.0769. The molecule has 0 saturated heterocycles. The van der Waals surface area contributed by atoms with Crippen molar-refractivity contribution < 1.29 is 13.7 Å². The van der Waals surface area contributed by atoms with Gasteiger partial charge in [0.25, 0.3) is 0 Å². The molecule has 0 radical (unpaired) electrons. The number of amides is 1. The van der Waals surface area contributed by atoms with E-state index in [-0.39, 0.29) is 5.91 Å². The maximum Gasteiger partial charge on any atom is 0.228 e. The summed E-state index contributed by atoms with van der Waals surface area (Å²) in [5, 5.41) is 4.63. The second-order valence-corrected chi connectivity index (χ2v) is 7.20. The first-order chi connectivity index (χ1) is 14.2. The topological polar surface area (TPSA) is 98.4 Å². The molecule has 0 aliphatic rings. The zero-order valence-electron chi connectivity index (χ0n) is 16.2. The van der Waals surface area contributed by atoms with Gasteiger partial charge in [-0.25, -0.2) is 0 Å². The van der Waals surface area contributed by atoms with E-state index < -0.39 is 0 Å². The first-order valence-electron chi connectivity index (χ1n) is 9.74. The Bertz CT molecular complexity index is 895. The molecule has 0 saturated carbocycles. The van der Waals surface area contributed by atoms with E-state index in [0.29, 0.717) is 49.2 Å². The van der Waals surface area contributed by atoms with Gasteiger partial charge in [-0.3, -0.25) is 4.79 Å². The number of aromatic nitrogens is 2. The van der Waals surface area contributed by atoms with E-state index in [1.165, 1.54) is 0 Å². The Morgan fingerprint density at radius 1 is 1.17 bits per heavy atom. The van der Waals surface area contributed by atoms with Crippen molar-refractivity contribution in [3.8, 4) is 11.4 Å². The summed E-state index contributed by atoms with van der Waals surface area (Å²) in [5.41, 5.74) is 6.31. The van der Waals surface area contributed by atoms with Crippen LogP contribution in [0.4, 0.5) is 0 Å². The lowest BCUT2D eigenvalue weighted by atomic mass is 10.1. The predicted octanol–water partition coefficient (Wildman–Crippen LogP) is 4.07. The van der Waals surface area contributed by atoms with Gasteiger partial charge in [0, 0.05) is 30.0 Å². The molecule has 0 aliphatic carbocycles. The molecule has 1 aromatic carbocycles. The minimum Gasteiger partial charge on any atom is -0.467 e. The number of furan rings is 1. The van der Waals surface area contributed by atoms with Crippen molar-refractivity contribution in [1.29, 1.82) is 0 Å². The van der Waals surface area contributed by atoms with E-state index in [1.807, 2.05) is 24.3 Å². The van der Waals surface area contributed by atoms with Crippen LogP contribution in [0.5, 0.6) is 0 Å². The van der Waals surface area contributed by atoms with Crippen LogP contribution in [0.2, 0.25) is 5.02 Å². The molecule has 2 aromatic heterocycles. The Morgan fingerprint density at radius 2 is 2.07 bits per heavy atom. The van der Waals surface area contributed by atoms with Crippen LogP contribution < -0.4 is 5.73 Å². The molecule has 2 N–H and O–H groups in total. The third-order valence-electron chi connectivity index (χ3n) is 4.52. The van der Waals surface area contributed by atoms with Gasteiger partial charge in [-0.2, -0.15) is 4.98 Å². The largest absolute Gasteiger partial charge is 0.467 e. The highest BCUT2D eigenvalue weighted by Gasteiger charge is 2.17. The molecule has 8 heteroatoms. The quantitative estimate of drug-likeness (QED) is 0.473. The summed E-state index contributed by atoms with van der Waals surface area (Å²) >= 11 is 6.02. The van der Waals surface area contributed by atoms with Gasteiger partial charge in [-0.05, 0) is 43.7 Å². The second kappa shape index (κ2) is 10.8. The number of carbonyl (C=O) groups is 1. The molecule has 0 atom stereocenters. The average Bonchev–Trinajstić information content (AvgIpc) is 3.40. The van der Waals surface area contributed by atoms with Gasteiger partial charge >= 0.3 is 0 Å². The van der Waals surface area contributed by atoms with E-state index in [1.54, 1.807) is 23.3 Å². The molecular weight excluding hydrogens is 392 g/mol. The minimum atomic E-state index is 0.0769. The number of rotatable bonds is 11. The SMILES string of the molecule is NCCCCCC(=O)N(CCc1nc(-c2cccc(Cl)c2)no1)Cc1ccco1. The van der Waals surface area contributed by atoms with Crippen LogP contribution in [0.1, 0.15) is 37.3 Å². The number of unbranched alkanes of at least 4 members (excludes halogenated alkanes) is 2. The third-order valence-corrected chi connectivity index (χ3v) is 4.76. The van der Waals surface area contributed by atoms with Crippen LogP contribution in [0.15, 0.2) is 51.6 Å². The highest BCUT2D eigenvalue weighted by molar-refractivity contribution is 6.30. The number of hydrogen-bond donors (Lipinski definition) is 1. The normalized spacial score (nSPS) is 11.0. The van der Waals surface area contributed by atoms with Crippen LogP contribution in [0.3, 0.4) is 0 Å². The van der Waals surface area contributed by atoms with Gasteiger partial charge in [-0.15, -0.1) is 0 Å². The van der Waals surface area contributed by atoms with Crippen LogP contribution in [-0.4, -0.2) is 34.0 Å². The standard InChI is InChI=1S/C21H25ClN4O3/c22-17-7-4-6-16(14-17)21-24-19(29-25-21)10-12-26(15-18-8-5-13-28-18)20(27)9-2-1-3-11-23/h4-8,13-14H,1-3,9-12,15,23H2. The maximum atomic E-state index is 12.7. The number of nitrogens with two attached hydrogens (primary N) is 1. The molecule has 29 heavy (non-hydrogen) atoms. The molecule has 3 aromatic rings. The molecule has 0 aliphatic heterocycles. The number of halogens is 1. The Labute approximate surface area is 174 Å². The zero-order valence-corrected chi connectivity index (χ0v) is 17.0. The third kappa shape index (κ3) is 6.44. The van der Waals surface area contributed by atoms with Crippen molar-refractivity contribution in [3.05, 3.63) is 59.3 Å². The highest BCUT2D eigenvalue weighted by Crippen LogP contribution is 2.20. The molecule has 2 heterocycles. The highest BCUT2D eigenvalue weighted by atomic mass is 35.5. The smallest absolute Gasteiger partial charge is 0.228 e. The molecule has 154 valence electrons. The molecule has 3 rings (SSSR count). The van der Waals surface area contributed by atoms with Crippen molar-refractivity contribution in [1.82, 2.24) is 15.0 Å². The van der Waals surface area contributed by atoms with Crippen LogP contribution in [0.25, 0.3) is 11.4 Å². The summed E-state index contributed by atoms with van der Waals surface area (Å²) in [7, 11) is 0. The zero-order chi connectivity index (χ0) is 20.5. The number of hydrogen-bond acceptors (Lipinski definition) is 6. The first-order valence-corrected chi connectivity index (χ1v) is 10.1. The fraction of sp³-hybridized carbons (Fsp3) is 0.381. The summed E-state index contributed by atoms with van der Waals surface area (Å²) in [4.78, 5) is 18.9. The van der Waals surface area contributed by atoms with Crippen molar-refractivity contribution >= 4 is 17.5 Å². The molecular formula is C21H25ClN4O3. The summed E-state index contributed by atoms with van der Waals surface area (Å²) < 4.78 is 10.8. The van der Waals surface area contributed by atoms with Gasteiger partial charge in [0.15, 0.2) is 0 Å². The van der Waals surface area contributed by atoms with Gasteiger partial charge in [0.1, 0.15) is 5.76 Å². The van der Waals surface area contributed by atoms with Crippen molar-refractivity contribution in [2.24, 2.45) is 5.73 Å². The van der Waals surface area contributed by atoms with Crippen molar-refractivity contribution in [2.45, 2.75) is 38.6 Å². The second-order valence-electron chi connectivity index (χ2n) is 6.77. The summed E-state index contributed by atoms with van der Waals surface area (Å²) in [6.07, 6.45) is 5.25. The Balaban J connectivity index is 1.61. The fourth-order valence-electron chi connectivity index (χ4n) is 2.97. The Kier molecular flexibility index (Phi) is 7.84. The van der Waals surface area contributed by atoms with Gasteiger partial charge in [0.05, 0.1) is 12.8 Å².